The molecule has 9 atom stereocenters. The summed E-state index contributed by atoms with van der Waals surface area (Å²) in [6.07, 6.45) is 12.4. The van der Waals surface area contributed by atoms with Crippen molar-refractivity contribution in [2.45, 2.75) is 112 Å². The molecule has 31 heavy (non-hydrogen) atoms. The number of Topliss-reactive ketones (excluding diaryl/α,β-unsaturated/α-hetero) is 2. The normalized spacial score (nSPS) is 44.5. The molecule has 2 nitrogen and oxygen atoms in total. The fourth-order valence-corrected chi connectivity index (χ4v) is 9.50. The van der Waals surface area contributed by atoms with Crippen LogP contribution in [-0.2, 0) is 9.59 Å². The van der Waals surface area contributed by atoms with E-state index in [1.807, 2.05) is 0 Å². The lowest BCUT2D eigenvalue weighted by Gasteiger charge is -2.59. The van der Waals surface area contributed by atoms with Gasteiger partial charge < -0.3 is 0 Å². The minimum absolute atomic E-state index is 0.0255. The van der Waals surface area contributed by atoms with Gasteiger partial charge in [-0.3, -0.25) is 9.59 Å². The molecule has 0 N–H and O–H groups in total. The number of hydrogen-bond acceptors (Lipinski definition) is 2. The van der Waals surface area contributed by atoms with Gasteiger partial charge in [0.2, 0.25) is 0 Å². The molecule has 0 saturated heterocycles. The smallest absolute Gasteiger partial charge is 0.137 e. The van der Waals surface area contributed by atoms with E-state index < -0.39 is 0 Å². The van der Waals surface area contributed by atoms with E-state index in [9.17, 15) is 9.59 Å². The first-order valence-electron chi connectivity index (χ1n) is 13.7. The first kappa shape index (κ1) is 23.5. The monoisotopic (exact) mass is 428 g/mol. The quantitative estimate of drug-likeness (QED) is 0.439. The molecule has 176 valence electrons. The molecule has 4 saturated carbocycles. The summed E-state index contributed by atoms with van der Waals surface area (Å²) < 4.78 is 0. The first-order chi connectivity index (χ1) is 14.6. The molecule has 0 aromatic carbocycles. The summed E-state index contributed by atoms with van der Waals surface area (Å²) in [4.78, 5) is 25.4. The van der Waals surface area contributed by atoms with Crippen LogP contribution < -0.4 is 0 Å². The molecule has 0 heterocycles. The molecule has 0 aliphatic heterocycles. The molecular weight excluding hydrogens is 380 g/mol. The Morgan fingerprint density at radius 1 is 0.903 bits per heavy atom. The Kier molecular flexibility index (Phi) is 6.52. The summed E-state index contributed by atoms with van der Waals surface area (Å²) in [5.41, 5.74) is 0.513. The van der Waals surface area contributed by atoms with Crippen LogP contribution in [0.1, 0.15) is 112 Å². The summed E-state index contributed by atoms with van der Waals surface area (Å²) >= 11 is 0. The van der Waals surface area contributed by atoms with Gasteiger partial charge in [-0.05, 0) is 90.8 Å². The van der Waals surface area contributed by atoms with E-state index in [0.717, 1.165) is 42.4 Å². The maximum atomic E-state index is 13.3. The molecule has 2 heteroatoms. The van der Waals surface area contributed by atoms with E-state index in [2.05, 4.69) is 41.5 Å². The second kappa shape index (κ2) is 8.60. The minimum atomic E-state index is 0.0255. The van der Waals surface area contributed by atoms with Crippen LogP contribution in [0.3, 0.4) is 0 Å². The highest BCUT2D eigenvalue weighted by Crippen LogP contribution is 2.67. The number of rotatable bonds is 6. The number of ketones is 2. The van der Waals surface area contributed by atoms with Crippen LogP contribution in [-0.4, -0.2) is 11.6 Å². The maximum absolute atomic E-state index is 13.3. The lowest BCUT2D eigenvalue weighted by atomic mass is 9.44. The predicted molar refractivity (Wildman–Crippen MR) is 128 cm³/mol. The largest absolute Gasteiger partial charge is 0.300 e. The second-order valence-electron chi connectivity index (χ2n) is 13.0. The van der Waals surface area contributed by atoms with Crippen molar-refractivity contribution in [1.82, 2.24) is 0 Å². The van der Waals surface area contributed by atoms with Gasteiger partial charge in [0.15, 0.2) is 0 Å². The summed E-state index contributed by atoms with van der Waals surface area (Å²) in [7, 11) is 0. The number of carbonyl (C=O) groups is 2. The van der Waals surface area contributed by atoms with E-state index in [1.165, 1.54) is 44.9 Å². The molecule has 0 bridgehead atoms. The Morgan fingerprint density at radius 2 is 1.61 bits per heavy atom. The van der Waals surface area contributed by atoms with Crippen molar-refractivity contribution in [3.63, 3.8) is 0 Å². The first-order valence-corrected chi connectivity index (χ1v) is 13.7. The highest BCUT2D eigenvalue weighted by Gasteiger charge is 2.62. The highest BCUT2D eigenvalue weighted by atomic mass is 16.1. The summed E-state index contributed by atoms with van der Waals surface area (Å²) in [5.74, 6) is 6.05. The Morgan fingerprint density at radius 3 is 2.29 bits per heavy atom. The molecule has 4 aliphatic rings. The zero-order valence-electron chi connectivity index (χ0n) is 21.2. The van der Waals surface area contributed by atoms with Gasteiger partial charge in [-0.2, -0.15) is 0 Å². The van der Waals surface area contributed by atoms with Gasteiger partial charge in [-0.1, -0.05) is 54.4 Å². The molecule has 0 spiro atoms. The van der Waals surface area contributed by atoms with Crippen LogP contribution in [0.5, 0.6) is 0 Å². The highest BCUT2D eigenvalue weighted by molar-refractivity contribution is 5.90. The molecule has 0 aromatic heterocycles. The standard InChI is InChI=1S/C29H48O2/c1-7-20(18(2)3)9-8-19(4)23-10-11-24-22-17-27(31)26-16-21(30)12-14-29(26,6)25(22)13-15-28(23,24)5/h18-20,22-26H,7-17H2,1-6H3/t19-,20-,22+,23-,24+,25+,26?,28-,29-/m1/s1. The lowest BCUT2D eigenvalue weighted by molar-refractivity contribution is -0.159. The van der Waals surface area contributed by atoms with Crippen molar-refractivity contribution in [3.8, 4) is 0 Å². The van der Waals surface area contributed by atoms with Crippen LogP contribution in [0, 0.1) is 58.2 Å². The zero-order chi connectivity index (χ0) is 22.6. The predicted octanol–water partition coefficient (Wildman–Crippen LogP) is 7.49. The molecule has 4 rings (SSSR count). The number of fused-ring (bicyclic) bond motifs is 5. The summed E-state index contributed by atoms with van der Waals surface area (Å²) in [6.45, 7) is 14.7. The topological polar surface area (TPSA) is 34.1 Å². The van der Waals surface area contributed by atoms with Gasteiger partial charge in [-0.15, -0.1) is 0 Å². The Balaban J connectivity index is 1.49. The molecule has 0 amide bonds. The minimum Gasteiger partial charge on any atom is -0.300 e. The van der Waals surface area contributed by atoms with Crippen molar-refractivity contribution < 1.29 is 9.59 Å². The average Bonchev–Trinajstić information content (AvgIpc) is 3.07. The van der Waals surface area contributed by atoms with Crippen LogP contribution in [0.4, 0.5) is 0 Å². The molecule has 4 fully saturated rings. The van der Waals surface area contributed by atoms with E-state index in [1.54, 1.807) is 0 Å². The van der Waals surface area contributed by atoms with Gasteiger partial charge in [0.25, 0.3) is 0 Å². The fourth-order valence-electron chi connectivity index (χ4n) is 9.50. The Labute approximate surface area is 191 Å². The summed E-state index contributed by atoms with van der Waals surface area (Å²) in [5, 5.41) is 0. The SMILES string of the molecule is CC[C@H](CC[C@@H](C)[C@H]1CC[C@H]2[C@@H]3CC(=O)C4CC(=O)CC[C@]4(C)[C@H]3CC[C@]12C)C(C)C. The Hall–Kier alpha value is -0.660. The van der Waals surface area contributed by atoms with Crippen molar-refractivity contribution in [1.29, 1.82) is 0 Å². The van der Waals surface area contributed by atoms with Crippen molar-refractivity contribution in [3.05, 3.63) is 0 Å². The lowest BCUT2D eigenvalue weighted by Crippen LogP contribution is -2.56. The fraction of sp³-hybridized carbons (Fsp3) is 0.931. The maximum Gasteiger partial charge on any atom is 0.137 e. The third-order valence-corrected chi connectivity index (χ3v) is 11.5. The Bertz CT molecular complexity index is 695. The van der Waals surface area contributed by atoms with E-state index in [0.29, 0.717) is 41.7 Å². The molecule has 1 unspecified atom stereocenters. The van der Waals surface area contributed by atoms with Crippen LogP contribution in [0.2, 0.25) is 0 Å². The third kappa shape index (κ3) is 3.86. The van der Waals surface area contributed by atoms with Crippen LogP contribution >= 0.6 is 0 Å². The van der Waals surface area contributed by atoms with E-state index in [4.69, 9.17) is 0 Å². The number of hydrogen-bond donors (Lipinski definition) is 0. The average molecular weight is 429 g/mol. The third-order valence-electron chi connectivity index (χ3n) is 11.5. The van der Waals surface area contributed by atoms with E-state index in [-0.39, 0.29) is 11.3 Å². The van der Waals surface area contributed by atoms with Crippen LogP contribution in [0.25, 0.3) is 0 Å². The van der Waals surface area contributed by atoms with Gasteiger partial charge in [0.05, 0.1) is 0 Å². The van der Waals surface area contributed by atoms with Gasteiger partial charge in [0, 0.05) is 25.2 Å². The van der Waals surface area contributed by atoms with Crippen LogP contribution in [0.15, 0.2) is 0 Å². The van der Waals surface area contributed by atoms with E-state index >= 15 is 0 Å². The molecule has 0 radical (unpaired) electrons. The van der Waals surface area contributed by atoms with Gasteiger partial charge in [-0.25, -0.2) is 0 Å². The molecule has 4 aliphatic carbocycles. The van der Waals surface area contributed by atoms with Gasteiger partial charge >= 0.3 is 0 Å². The number of carbonyl (C=O) groups excluding carboxylic acids is 2. The van der Waals surface area contributed by atoms with Gasteiger partial charge in [0.1, 0.15) is 11.6 Å². The molecular formula is C29H48O2. The van der Waals surface area contributed by atoms with Crippen molar-refractivity contribution in [2.24, 2.45) is 58.2 Å². The van der Waals surface area contributed by atoms with Crippen molar-refractivity contribution >= 4 is 11.6 Å². The molecule has 0 aromatic rings. The summed E-state index contributed by atoms with van der Waals surface area (Å²) in [6, 6.07) is 0. The second-order valence-corrected chi connectivity index (χ2v) is 13.0. The zero-order valence-corrected chi connectivity index (χ0v) is 21.2. The van der Waals surface area contributed by atoms with Crippen molar-refractivity contribution in [2.75, 3.05) is 0 Å².